The van der Waals surface area contributed by atoms with E-state index in [1.165, 1.54) is 11.1 Å². The van der Waals surface area contributed by atoms with E-state index in [0.717, 1.165) is 13.0 Å². The third-order valence-electron chi connectivity index (χ3n) is 2.28. The first kappa shape index (κ1) is 11.7. The van der Waals surface area contributed by atoms with Gasteiger partial charge in [0.25, 0.3) is 0 Å². The summed E-state index contributed by atoms with van der Waals surface area (Å²) < 4.78 is 0. The highest BCUT2D eigenvalue weighted by molar-refractivity contribution is 5.50. The summed E-state index contributed by atoms with van der Waals surface area (Å²) in [6, 6.07) is 10.4. The molecule has 0 bridgehead atoms. The molecular formula is C14H19N. The van der Waals surface area contributed by atoms with Gasteiger partial charge in [-0.05, 0) is 19.0 Å². The van der Waals surface area contributed by atoms with Gasteiger partial charge in [0.2, 0.25) is 0 Å². The zero-order valence-electron chi connectivity index (χ0n) is 9.53. The maximum absolute atomic E-state index is 3.17. The summed E-state index contributed by atoms with van der Waals surface area (Å²) in [5.41, 5.74) is 2.67. The molecule has 80 valence electrons. The fraction of sp³-hybridized carbons (Fsp3) is 0.286. The van der Waals surface area contributed by atoms with Crippen LogP contribution in [0.2, 0.25) is 0 Å². The van der Waals surface area contributed by atoms with Crippen LogP contribution in [0.5, 0.6) is 0 Å². The molecule has 0 saturated carbocycles. The molecule has 0 spiro atoms. The van der Waals surface area contributed by atoms with Gasteiger partial charge in [0.15, 0.2) is 0 Å². The van der Waals surface area contributed by atoms with Crippen molar-refractivity contribution in [1.29, 1.82) is 0 Å². The molecule has 0 atom stereocenters. The molecule has 1 N–H and O–H groups in total. The van der Waals surface area contributed by atoms with E-state index in [1.54, 1.807) is 0 Å². The van der Waals surface area contributed by atoms with Gasteiger partial charge in [-0.25, -0.2) is 0 Å². The maximum atomic E-state index is 3.17. The van der Waals surface area contributed by atoms with Crippen LogP contribution in [0.1, 0.15) is 18.9 Å². The normalized spacial score (nSPS) is 12.3. The van der Waals surface area contributed by atoms with Gasteiger partial charge in [-0.1, -0.05) is 61.1 Å². The summed E-state index contributed by atoms with van der Waals surface area (Å²) in [6.45, 7) is 3.15. The quantitative estimate of drug-likeness (QED) is 0.721. The van der Waals surface area contributed by atoms with Crippen LogP contribution >= 0.6 is 0 Å². The molecule has 0 unspecified atom stereocenters. The number of benzene rings is 1. The molecule has 0 aliphatic heterocycles. The highest BCUT2D eigenvalue weighted by atomic mass is 14.8. The lowest BCUT2D eigenvalue weighted by atomic mass is 10.1. The first-order chi connectivity index (χ1) is 7.36. The van der Waals surface area contributed by atoms with Crippen molar-refractivity contribution < 1.29 is 0 Å². The third kappa shape index (κ3) is 4.61. The topological polar surface area (TPSA) is 12.0 Å². The molecule has 0 radical (unpaired) electrons. The van der Waals surface area contributed by atoms with E-state index in [9.17, 15) is 0 Å². The molecule has 1 aromatic rings. The number of hydrogen-bond acceptors (Lipinski definition) is 1. The average molecular weight is 201 g/mol. The first-order valence-electron chi connectivity index (χ1n) is 5.42. The van der Waals surface area contributed by atoms with E-state index in [4.69, 9.17) is 0 Å². The number of hydrogen-bond donors (Lipinski definition) is 1. The van der Waals surface area contributed by atoms with Gasteiger partial charge in [-0.2, -0.15) is 0 Å². The predicted octanol–water partition coefficient (Wildman–Crippen LogP) is 3.26. The summed E-state index contributed by atoms with van der Waals surface area (Å²) in [4.78, 5) is 0. The lowest BCUT2D eigenvalue weighted by molar-refractivity contribution is 0.845. The van der Waals surface area contributed by atoms with Gasteiger partial charge in [0, 0.05) is 6.54 Å². The summed E-state index contributed by atoms with van der Waals surface area (Å²) >= 11 is 0. The van der Waals surface area contributed by atoms with Gasteiger partial charge in [-0.15, -0.1) is 0 Å². The zero-order chi connectivity index (χ0) is 10.9. The summed E-state index contributed by atoms with van der Waals surface area (Å²) in [6.07, 6.45) is 7.53. The molecule has 1 nitrogen and oxygen atoms in total. The van der Waals surface area contributed by atoms with Crippen LogP contribution in [0.15, 0.2) is 48.1 Å². The minimum Gasteiger partial charge on any atom is -0.316 e. The van der Waals surface area contributed by atoms with Crippen LogP contribution in [0.4, 0.5) is 0 Å². The van der Waals surface area contributed by atoms with Gasteiger partial charge >= 0.3 is 0 Å². The average Bonchev–Trinajstić information content (AvgIpc) is 2.29. The van der Waals surface area contributed by atoms with Crippen LogP contribution in [-0.4, -0.2) is 13.6 Å². The van der Waals surface area contributed by atoms with Crippen LogP contribution in [0, 0.1) is 0 Å². The predicted molar refractivity (Wildman–Crippen MR) is 67.8 cm³/mol. The van der Waals surface area contributed by atoms with Crippen molar-refractivity contribution in [2.45, 2.75) is 13.3 Å². The lowest BCUT2D eigenvalue weighted by Gasteiger charge is -2.00. The lowest BCUT2D eigenvalue weighted by Crippen LogP contribution is -2.09. The SMILES string of the molecule is CCC(=CC=Cc1ccccc1)CNC. The molecule has 1 aromatic carbocycles. The van der Waals surface area contributed by atoms with Crippen molar-refractivity contribution in [3.05, 3.63) is 53.6 Å². The standard InChI is InChI=1S/C14H19N/c1-3-13(12-15-2)10-7-11-14-8-5-4-6-9-14/h4-11,15H,3,12H2,1-2H3. The van der Waals surface area contributed by atoms with Crippen molar-refractivity contribution in [3.63, 3.8) is 0 Å². The molecule has 0 saturated heterocycles. The Bertz CT molecular complexity index is 322. The van der Waals surface area contributed by atoms with Gasteiger partial charge in [0.1, 0.15) is 0 Å². The van der Waals surface area contributed by atoms with Crippen molar-refractivity contribution in [1.82, 2.24) is 5.32 Å². The van der Waals surface area contributed by atoms with E-state index in [0.29, 0.717) is 0 Å². The molecule has 0 fully saturated rings. The van der Waals surface area contributed by atoms with E-state index in [2.05, 4.69) is 54.7 Å². The van der Waals surface area contributed by atoms with Crippen molar-refractivity contribution >= 4 is 6.08 Å². The summed E-state index contributed by atoms with van der Waals surface area (Å²) in [5.74, 6) is 0. The zero-order valence-corrected chi connectivity index (χ0v) is 9.53. The van der Waals surface area contributed by atoms with Crippen LogP contribution in [0.25, 0.3) is 6.08 Å². The van der Waals surface area contributed by atoms with E-state index < -0.39 is 0 Å². The van der Waals surface area contributed by atoms with Crippen LogP contribution in [0.3, 0.4) is 0 Å². The Morgan fingerprint density at radius 1 is 1.27 bits per heavy atom. The Morgan fingerprint density at radius 2 is 2.00 bits per heavy atom. The molecular weight excluding hydrogens is 182 g/mol. The number of rotatable bonds is 5. The van der Waals surface area contributed by atoms with Gasteiger partial charge in [0.05, 0.1) is 0 Å². The minimum absolute atomic E-state index is 0.968. The Hall–Kier alpha value is -1.34. The highest BCUT2D eigenvalue weighted by Gasteiger charge is 1.88. The van der Waals surface area contributed by atoms with Crippen molar-refractivity contribution in [3.8, 4) is 0 Å². The molecule has 15 heavy (non-hydrogen) atoms. The third-order valence-corrected chi connectivity index (χ3v) is 2.28. The number of likely N-dealkylation sites (N-methyl/N-ethyl adjacent to an activating group) is 1. The van der Waals surface area contributed by atoms with Crippen molar-refractivity contribution in [2.24, 2.45) is 0 Å². The van der Waals surface area contributed by atoms with E-state index in [1.807, 2.05) is 13.1 Å². The fourth-order valence-corrected chi connectivity index (χ4v) is 1.39. The van der Waals surface area contributed by atoms with E-state index >= 15 is 0 Å². The molecule has 0 aliphatic carbocycles. The second-order valence-electron chi connectivity index (χ2n) is 3.48. The second kappa shape index (κ2) is 7.02. The maximum Gasteiger partial charge on any atom is 0.0164 e. The first-order valence-corrected chi connectivity index (χ1v) is 5.42. The molecule has 1 rings (SSSR count). The second-order valence-corrected chi connectivity index (χ2v) is 3.48. The molecule has 0 aromatic heterocycles. The fourth-order valence-electron chi connectivity index (χ4n) is 1.39. The van der Waals surface area contributed by atoms with E-state index in [-0.39, 0.29) is 0 Å². The Labute approximate surface area is 92.5 Å². The van der Waals surface area contributed by atoms with Gasteiger partial charge < -0.3 is 5.32 Å². The van der Waals surface area contributed by atoms with Crippen molar-refractivity contribution in [2.75, 3.05) is 13.6 Å². The minimum atomic E-state index is 0.968. The van der Waals surface area contributed by atoms with Crippen LogP contribution < -0.4 is 5.32 Å². The largest absolute Gasteiger partial charge is 0.316 e. The monoisotopic (exact) mass is 201 g/mol. The molecule has 0 aliphatic rings. The Morgan fingerprint density at radius 3 is 2.60 bits per heavy atom. The molecule has 1 heteroatoms. The summed E-state index contributed by atoms with van der Waals surface area (Å²) in [5, 5.41) is 3.17. The highest BCUT2D eigenvalue weighted by Crippen LogP contribution is 2.03. The Kier molecular flexibility index (Phi) is 5.49. The molecule has 0 heterocycles. The molecule has 0 amide bonds. The number of allylic oxidation sites excluding steroid dienone is 2. The summed E-state index contributed by atoms with van der Waals surface area (Å²) in [7, 11) is 1.98. The Balaban J connectivity index is 2.58. The van der Waals surface area contributed by atoms with Crippen LogP contribution in [-0.2, 0) is 0 Å². The van der Waals surface area contributed by atoms with Gasteiger partial charge in [-0.3, -0.25) is 0 Å². The number of nitrogens with one attached hydrogen (secondary N) is 1. The smallest absolute Gasteiger partial charge is 0.0164 e.